The maximum absolute atomic E-state index is 12.0. The van der Waals surface area contributed by atoms with Crippen LogP contribution >= 0.6 is 0 Å². The second kappa shape index (κ2) is 4.51. The summed E-state index contributed by atoms with van der Waals surface area (Å²) in [5, 5.41) is 3.04. The van der Waals surface area contributed by atoms with Crippen LogP contribution in [0.4, 0.5) is 0 Å². The molecule has 0 aromatic heterocycles. The molecule has 2 rings (SSSR count). The van der Waals surface area contributed by atoms with E-state index < -0.39 is 0 Å². The highest BCUT2D eigenvalue weighted by Crippen LogP contribution is 2.32. The summed E-state index contributed by atoms with van der Waals surface area (Å²) in [5.41, 5.74) is 0. The smallest absolute Gasteiger partial charge is 0.247 e. The number of hydrogen-bond acceptors (Lipinski definition) is 4. The quantitative estimate of drug-likeness (QED) is 0.637. The van der Waals surface area contributed by atoms with Gasteiger partial charge >= 0.3 is 0 Å². The highest BCUT2D eigenvalue weighted by molar-refractivity contribution is 6.06. The zero-order valence-corrected chi connectivity index (χ0v) is 9.90. The first-order valence-corrected chi connectivity index (χ1v) is 5.86. The van der Waals surface area contributed by atoms with Crippen molar-refractivity contribution in [1.82, 2.24) is 15.1 Å². The molecule has 0 radical (unpaired) electrons. The molecule has 2 amide bonds. The summed E-state index contributed by atoms with van der Waals surface area (Å²) in [5.74, 6) is 0.0138. The molecule has 1 atom stereocenters. The van der Waals surface area contributed by atoms with Gasteiger partial charge in [0.15, 0.2) is 0 Å². The summed E-state index contributed by atoms with van der Waals surface area (Å²) >= 11 is 0. The number of nitrogens with one attached hydrogen (secondary N) is 1. The van der Waals surface area contributed by atoms with E-state index in [0.717, 1.165) is 25.9 Å². The van der Waals surface area contributed by atoms with Crippen LogP contribution in [0, 0.1) is 0 Å². The first-order valence-electron chi connectivity index (χ1n) is 5.86. The highest BCUT2D eigenvalue weighted by atomic mass is 16.2. The minimum absolute atomic E-state index is 0.00565. The fourth-order valence-corrected chi connectivity index (χ4v) is 2.14. The Balaban J connectivity index is 1.96. The lowest BCUT2D eigenvalue weighted by atomic mass is 10.2. The van der Waals surface area contributed by atoms with Crippen molar-refractivity contribution in [1.29, 1.82) is 0 Å². The van der Waals surface area contributed by atoms with Crippen LogP contribution in [0.2, 0.25) is 0 Å². The predicted molar refractivity (Wildman–Crippen MR) is 59.8 cm³/mol. The van der Waals surface area contributed by atoms with Crippen molar-refractivity contribution in [2.45, 2.75) is 31.3 Å². The van der Waals surface area contributed by atoms with E-state index in [0.29, 0.717) is 6.42 Å². The van der Waals surface area contributed by atoms with Gasteiger partial charge in [-0.15, -0.1) is 0 Å². The Labute approximate surface area is 95.8 Å². The van der Waals surface area contributed by atoms with E-state index in [4.69, 9.17) is 0 Å². The van der Waals surface area contributed by atoms with Gasteiger partial charge in [-0.1, -0.05) is 0 Å². The number of imide groups is 1. The number of likely N-dealkylation sites (tertiary alicyclic amines) is 1. The molecule has 1 N–H and O–H groups in total. The Kier molecular flexibility index (Phi) is 3.25. The Morgan fingerprint density at radius 3 is 2.69 bits per heavy atom. The summed E-state index contributed by atoms with van der Waals surface area (Å²) in [6.45, 7) is 1.62. The molecular formula is C11H19N3O2. The molecule has 1 unspecified atom stereocenters. The molecule has 0 aromatic rings. The summed E-state index contributed by atoms with van der Waals surface area (Å²) in [4.78, 5) is 27.2. The topological polar surface area (TPSA) is 52.7 Å². The third-order valence-corrected chi connectivity index (χ3v) is 3.32. The van der Waals surface area contributed by atoms with Crippen LogP contribution in [0.3, 0.4) is 0 Å². The normalized spacial score (nSPS) is 25.9. The number of carbonyl (C=O) groups excluding carboxylic acids is 2. The third-order valence-electron chi connectivity index (χ3n) is 3.32. The number of likely N-dealkylation sites (N-methyl/N-ethyl adjacent to an activating group) is 2. The number of nitrogens with zero attached hydrogens (tertiary/aromatic N) is 2. The van der Waals surface area contributed by atoms with Gasteiger partial charge < -0.3 is 5.32 Å². The lowest BCUT2D eigenvalue weighted by Gasteiger charge is -2.22. The molecule has 1 aliphatic heterocycles. The summed E-state index contributed by atoms with van der Waals surface area (Å²) < 4.78 is 0. The number of hydrogen-bond donors (Lipinski definition) is 1. The van der Waals surface area contributed by atoms with Crippen LogP contribution < -0.4 is 5.32 Å². The molecule has 5 heteroatoms. The number of amides is 2. The summed E-state index contributed by atoms with van der Waals surface area (Å²) in [6.07, 6.45) is 2.34. The van der Waals surface area contributed by atoms with E-state index in [2.05, 4.69) is 5.32 Å². The van der Waals surface area contributed by atoms with Gasteiger partial charge in [0.1, 0.15) is 0 Å². The van der Waals surface area contributed by atoms with E-state index in [1.54, 1.807) is 0 Å². The molecule has 1 saturated carbocycles. The Morgan fingerprint density at radius 2 is 2.12 bits per heavy atom. The minimum atomic E-state index is -0.235. The van der Waals surface area contributed by atoms with Crippen molar-refractivity contribution in [3.63, 3.8) is 0 Å². The Hall–Kier alpha value is -0.940. The maximum Gasteiger partial charge on any atom is 0.247 e. The highest BCUT2D eigenvalue weighted by Gasteiger charge is 2.47. The lowest BCUT2D eigenvalue weighted by Crippen LogP contribution is -2.42. The molecule has 5 nitrogen and oxygen atoms in total. The van der Waals surface area contributed by atoms with Gasteiger partial charge in [-0.3, -0.25) is 19.4 Å². The average Bonchev–Trinajstić information content (AvgIpc) is 3.03. The van der Waals surface area contributed by atoms with Crippen LogP contribution in [-0.4, -0.2) is 60.9 Å². The molecule has 1 saturated heterocycles. The first-order chi connectivity index (χ1) is 7.65. The van der Waals surface area contributed by atoms with Crippen molar-refractivity contribution in [2.24, 2.45) is 0 Å². The molecule has 1 heterocycles. The fourth-order valence-electron chi connectivity index (χ4n) is 2.14. The monoisotopic (exact) mass is 225 g/mol. The second-order valence-corrected chi connectivity index (χ2v) is 4.64. The number of carbonyl (C=O) groups is 2. The summed E-state index contributed by atoms with van der Waals surface area (Å²) in [6, 6.07) is -0.0239. The number of rotatable bonds is 5. The lowest BCUT2D eigenvalue weighted by molar-refractivity contribution is -0.140. The molecule has 0 bridgehead atoms. The zero-order chi connectivity index (χ0) is 11.7. The SMILES string of the molecule is CNCCN(C)C1CC(=O)N(C2CC2)C1=O. The van der Waals surface area contributed by atoms with Crippen molar-refractivity contribution in [2.75, 3.05) is 27.2 Å². The van der Waals surface area contributed by atoms with E-state index in [1.807, 2.05) is 19.0 Å². The molecule has 1 aliphatic carbocycles. The summed E-state index contributed by atoms with van der Waals surface area (Å²) in [7, 11) is 3.79. The van der Waals surface area contributed by atoms with E-state index in [1.165, 1.54) is 4.90 Å². The molecule has 16 heavy (non-hydrogen) atoms. The van der Waals surface area contributed by atoms with E-state index >= 15 is 0 Å². The van der Waals surface area contributed by atoms with Gasteiger partial charge in [0, 0.05) is 19.1 Å². The maximum atomic E-state index is 12.0. The van der Waals surface area contributed by atoms with Gasteiger partial charge in [-0.2, -0.15) is 0 Å². The molecular weight excluding hydrogens is 206 g/mol. The predicted octanol–water partition coefficient (Wildman–Crippen LogP) is -0.572. The molecule has 2 aliphatic rings. The Morgan fingerprint density at radius 1 is 1.44 bits per heavy atom. The van der Waals surface area contributed by atoms with Gasteiger partial charge in [-0.25, -0.2) is 0 Å². The van der Waals surface area contributed by atoms with E-state index in [9.17, 15) is 9.59 Å². The van der Waals surface area contributed by atoms with Crippen molar-refractivity contribution < 1.29 is 9.59 Å². The van der Waals surface area contributed by atoms with Crippen LogP contribution in [0.15, 0.2) is 0 Å². The average molecular weight is 225 g/mol. The molecule has 90 valence electrons. The molecule has 2 fully saturated rings. The fraction of sp³-hybridized carbons (Fsp3) is 0.818. The first kappa shape index (κ1) is 11.5. The molecule has 0 spiro atoms. The van der Waals surface area contributed by atoms with Gasteiger partial charge in [0.25, 0.3) is 0 Å². The van der Waals surface area contributed by atoms with Crippen LogP contribution in [-0.2, 0) is 9.59 Å². The van der Waals surface area contributed by atoms with Crippen LogP contribution in [0.5, 0.6) is 0 Å². The minimum Gasteiger partial charge on any atom is -0.318 e. The molecule has 0 aromatic carbocycles. The third kappa shape index (κ3) is 2.10. The van der Waals surface area contributed by atoms with Crippen molar-refractivity contribution in [3.05, 3.63) is 0 Å². The van der Waals surface area contributed by atoms with E-state index in [-0.39, 0.29) is 23.9 Å². The van der Waals surface area contributed by atoms with Gasteiger partial charge in [0.2, 0.25) is 11.8 Å². The second-order valence-electron chi connectivity index (χ2n) is 4.64. The zero-order valence-electron chi connectivity index (χ0n) is 9.90. The van der Waals surface area contributed by atoms with Crippen LogP contribution in [0.1, 0.15) is 19.3 Å². The van der Waals surface area contributed by atoms with Crippen LogP contribution in [0.25, 0.3) is 0 Å². The standard InChI is InChI=1S/C11H19N3O2/c1-12-5-6-13(2)9-7-10(15)14(11(9)16)8-3-4-8/h8-9,12H,3-7H2,1-2H3. The largest absolute Gasteiger partial charge is 0.318 e. The Bertz CT molecular complexity index is 302. The van der Waals surface area contributed by atoms with Crippen molar-refractivity contribution >= 4 is 11.8 Å². The van der Waals surface area contributed by atoms with Crippen molar-refractivity contribution in [3.8, 4) is 0 Å². The van der Waals surface area contributed by atoms with Gasteiger partial charge in [-0.05, 0) is 26.9 Å². The van der Waals surface area contributed by atoms with Gasteiger partial charge in [0.05, 0.1) is 12.5 Å².